The average Bonchev–Trinajstić information content (AvgIpc) is 2.96. The number of aliphatic hydroxyl groups is 1. The van der Waals surface area contributed by atoms with Crippen LogP contribution >= 0.6 is 11.6 Å². The molecular formula is C16H20ClN3O2. The van der Waals surface area contributed by atoms with E-state index < -0.39 is 0 Å². The molecule has 1 aliphatic rings. The van der Waals surface area contributed by atoms with Crippen LogP contribution in [0.15, 0.2) is 28.8 Å². The zero-order valence-corrected chi connectivity index (χ0v) is 13.3. The van der Waals surface area contributed by atoms with Gasteiger partial charge in [-0.1, -0.05) is 16.8 Å². The van der Waals surface area contributed by atoms with Crippen molar-refractivity contribution in [2.75, 3.05) is 13.1 Å². The molecule has 2 heterocycles. The number of likely N-dealkylation sites (tertiary alicyclic amines) is 1. The van der Waals surface area contributed by atoms with E-state index in [1.165, 1.54) is 0 Å². The minimum Gasteiger partial charge on any atom is -0.393 e. The first-order valence-electron chi connectivity index (χ1n) is 7.61. The first-order chi connectivity index (χ1) is 10.6. The zero-order chi connectivity index (χ0) is 15.5. The van der Waals surface area contributed by atoms with Gasteiger partial charge in [0.1, 0.15) is 0 Å². The molecule has 2 atom stereocenters. The van der Waals surface area contributed by atoms with E-state index in [1.54, 1.807) is 0 Å². The fourth-order valence-electron chi connectivity index (χ4n) is 2.86. The lowest BCUT2D eigenvalue weighted by atomic mass is 9.93. The number of benzene rings is 1. The molecule has 1 aliphatic heterocycles. The molecule has 6 heteroatoms. The van der Waals surface area contributed by atoms with E-state index >= 15 is 0 Å². The second-order valence-corrected chi connectivity index (χ2v) is 6.33. The highest BCUT2D eigenvalue weighted by Gasteiger charge is 2.24. The van der Waals surface area contributed by atoms with Crippen molar-refractivity contribution < 1.29 is 9.63 Å². The summed E-state index contributed by atoms with van der Waals surface area (Å²) in [7, 11) is 0. The lowest BCUT2D eigenvalue weighted by Gasteiger charge is -2.33. The molecule has 1 N–H and O–H groups in total. The monoisotopic (exact) mass is 321 g/mol. The van der Waals surface area contributed by atoms with Gasteiger partial charge in [-0.05, 0) is 56.5 Å². The van der Waals surface area contributed by atoms with Gasteiger partial charge in [0.2, 0.25) is 11.7 Å². The van der Waals surface area contributed by atoms with Gasteiger partial charge < -0.3 is 9.63 Å². The summed E-state index contributed by atoms with van der Waals surface area (Å²) < 4.78 is 5.35. The van der Waals surface area contributed by atoms with Crippen LogP contribution in [0, 0.1) is 5.92 Å². The predicted molar refractivity (Wildman–Crippen MR) is 84.4 cm³/mol. The van der Waals surface area contributed by atoms with Crippen molar-refractivity contribution in [2.24, 2.45) is 5.92 Å². The first kappa shape index (κ1) is 15.5. The van der Waals surface area contributed by atoms with Crippen molar-refractivity contribution in [3.05, 3.63) is 35.2 Å². The molecule has 22 heavy (non-hydrogen) atoms. The molecule has 0 spiro atoms. The van der Waals surface area contributed by atoms with E-state index in [4.69, 9.17) is 16.1 Å². The van der Waals surface area contributed by atoms with Crippen LogP contribution in [0.4, 0.5) is 0 Å². The molecule has 0 saturated carbocycles. The van der Waals surface area contributed by atoms with Crippen molar-refractivity contribution in [1.82, 2.24) is 15.0 Å². The van der Waals surface area contributed by atoms with E-state index in [1.807, 2.05) is 31.2 Å². The second-order valence-electron chi connectivity index (χ2n) is 5.90. The number of halogens is 1. The molecule has 1 saturated heterocycles. The Bertz CT molecular complexity index is 612. The van der Waals surface area contributed by atoms with Crippen LogP contribution in [-0.2, 0) is 6.54 Å². The van der Waals surface area contributed by atoms with Crippen LogP contribution in [0.1, 0.15) is 25.7 Å². The van der Waals surface area contributed by atoms with Crippen molar-refractivity contribution >= 4 is 11.6 Å². The zero-order valence-electron chi connectivity index (χ0n) is 12.6. The molecule has 0 aliphatic carbocycles. The molecular weight excluding hydrogens is 302 g/mol. The van der Waals surface area contributed by atoms with Crippen molar-refractivity contribution in [3.8, 4) is 11.4 Å². The number of nitrogens with zero attached hydrogens (tertiary/aromatic N) is 3. The first-order valence-corrected chi connectivity index (χ1v) is 7.98. The van der Waals surface area contributed by atoms with Crippen LogP contribution in [0.5, 0.6) is 0 Å². The maximum Gasteiger partial charge on any atom is 0.241 e. The summed E-state index contributed by atoms with van der Waals surface area (Å²) in [4.78, 5) is 6.71. The van der Waals surface area contributed by atoms with Crippen LogP contribution in [0.25, 0.3) is 11.4 Å². The van der Waals surface area contributed by atoms with E-state index in [2.05, 4.69) is 15.0 Å². The standard InChI is InChI=1S/C16H20ClN3O2/c1-11(21)13-3-2-8-20(9-13)10-15-18-16(19-22-15)12-4-6-14(17)7-5-12/h4-7,11,13,21H,2-3,8-10H2,1H3. The maximum absolute atomic E-state index is 9.75. The van der Waals surface area contributed by atoms with E-state index in [-0.39, 0.29) is 6.10 Å². The number of piperidine rings is 1. The van der Waals surface area contributed by atoms with Gasteiger partial charge in [-0.2, -0.15) is 4.98 Å². The van der Waals surface area contributed by atoms with Gasteiger partial charge in [-0.15, -0.1) is 0 Å². The van der Waals surface area contributed by atoms with Gasteiger partial charge >= 0.3 is 0 Å². The molecule has 3 rings (SSSR count). The Morgan fingerprint density at radius 3 is 2.91 bits per heavy atom. The number of rotatable bonds is 4. The van der Waals surface area contributed by atoms with Gasteiger partial charge in [-0.25, -0.2) is 0 Å². The van der Waals surface area contributed by atoms with Gasteiger partial charge in [0.05, 0.1) is 12.6 Å². The van der Waals surface area contributed by atoms with E-state index in [0.29, 0.717) is 29.2 Å². The summed E-state index contributed by atoms with van der Waals surface area (Å²) in [6, 6.07) is 7.37. The third-order valence-corrected chi connectivity index (χ3v) is 4.41. The SMILES string of the molecule is CC(O)C1CCCN(Cc2nc(-c3ccc(Cl)cc3)no2)C1. The highest BCUT2D eigenvalue weighted by molar-refractivity contribution is 6.30. The molecule has 1 fully saturated rings. The Balaban J connectivity index is 1.65. The Morgan fingerprint density at radius 1 is 1.41 bits per heavy atom. The third kappa shape index (κ3) is 3.66. The third-order valence-electron chi connectivity index (χ3n) is 4.15. The quantitative estimate of drug-likeness (QED) is 0.938. The van der Waals surface area contributed by atoms with Crippen LogP contribution < -0.4 is 0 Å². The molecule has 1 aromatic carbocycles. The highest BCUT2D eigenvalue weighted by Crippen LogP contribution is 2.22. The van der Waals surface area contributed by atoms with Gasteiger partial charge in [0, 0.05) is 17.1 Å². The molecule has 1 aromatic heterocycles. The lowest BCUT2D eigenvalue weighted by Crippen LogP contribution is -2.39. The summed E-state index contributed by atoms with van der Waals surface area (Å²) in [5.74, 6) is 1.51. The number of aliphatic hydroxyl groups excluding tert-OH is 1. The summed E-state index contributed by atoms with van der Waals surface area (Å²) in [5.41, 5.74) is 0.889. The largest absolute Gasteiger partial charge is 0.393 e. The normalized spacial score (nSPS) is 21.0. The summed E-state index contributed by atoms with van der Waals surface area (Å²) in [5, 5.41) is 14.5. The minimum absolute atomic E-state index is 0.268. The Kier molecular flexibility index (Phi) is 4.76. The Hall–Kier alpha value is -1.43. The molecule has 118 valence electrons. The van der Waals surface area contributed by atoms with Crippen LogP contribution in [-0.4, -0.2) is 39.3 Å². The number of hydrogen-bond donors (Lipinski definition) is 1. The summed E-state index contributed by atoms with van der Waals surface area (Å²) in [6.07, 6.45) is 1.90. The van der Waals surface area contributed by atoms with Gasteiger partial charge in [0.25, 0.3) is 0 Å². The second kappa shape index (κ2) is 6.77. The van der Waals surface area contributed by atoms with Crippen molar-refractivity contribution in [2.45, 2.75) is 32.4 Å². The number of hydrogen-bond acceptors (Lipinski definition) is 5. The molecule has 2 aromatic rings. The fourth-order valence-corrected chi connectivity index (χ4v) is 2.98. The highest BCUT2D eigenvalue weighted by atomic mass is 35.5. The van der Waals surface area contributed by atoms with Gasteiger partial charge in [0.15, 0.2) is 0 Å². The van der Waals surface area contributed by atoms with Crippen LogP contribution in [0.2, 0.25) is 5.02 Å². The molecule has 0 radical (unpaired) electrons. The van der Waals surface area contributed by atoms with Crippen molar-refractivity contribution in [1.29, 1.82) is 0 Å². The molecule has 5 nitrogen and oxygen atoms in total. The Morgan fingerprint density at radius 2 is 2.18 bits per heavy atom. The average molecular weight is 322 g/mol. The van der Waals surface area contributed by atoms with Crippen molar-refractivity contribution in [3.63, 3.8) is 0 Å². The topological polar surface area (TPSA) is 62.4 Å². The Labute approximate surface area is 134 Å². The minimum atomic E-state index is -0.268. The summed E-state index contributed by atoms with van der Waals surface area (Å²) in [6.45, 7) is 4.36. The molecule has 0 bridgehead atoms. The molecule has 2 unspecified atom stereocenters. The lowest BCUT2D eigenvalue weighted by molar-refractivity contribution is 0.0556. The fraction of sp³-hybridized carbons (Fsp3) is 0.500. The predicted octanol–water partition coefficient (Wildman–Crippen LogP) is 2.98. The van der Waals surface area contributed by atoms with Crippen LogP contribution in [0.3, 0.4) is 0 Å². The van der Waals surface area contributed by atoms with E-state index in [9.17, 15) is 5.11 Å². The van der Waals surface area contributed by atoms with E-state index in [0.717, 1.165) is 31.5 Å². The smallest absolute Gasteiger partial charge is 0.241 e. The number of aromatic nitrogens is 2. The maximum atomic E-state index is 9.75. The summed E-state index contributed by atoms with van der Waals surface area (Å²) >= 11 is 5.88. The molecule has 0 amide bonds. The van der Waals surface area contributed by atoms with Gasteiger partial charge in [-0.3, -0.25) is 4.90 Å².